The van der Waals surface area contributed by atoms with Crippen LogP contribution in [0.15, 0.2) is 36.4 Å². The summed E-state index contributed by atoms with van der Waals surface area (Å²) in [7, 11) is 0. The van der Waals surface area contributed by atoms with E-state index in [0.29, 0.717) is 28.5 Å². The fraction of sp³-hybridized carbons (Fsp3) is 0.0714. The summed E-state index contributed by atoms with van der Waals surface area (Å²) in [5, 5.41) is 17.6. The van der Waals surface area contributed by atoms with Crippen molar-refractivity contribution in [2.75, 3.05) is 0 Å². The summed E-state index contributed by atoms with van der Waals surface area (Å²) in [5.74, 6) is 0.873. The van der Waals surface area contributed by atoms with E-state index in [1.165, 1.54) is 0 Å². The van der Waals surface area contributed by atoms with Crippen LogP contribution >= 0.6 is 0 Å². The van der Waals surface area contributed by atoms with Gasteiger partial charge in [-0.15, -0.1) is 0 Å². The summed E-state index contributed by atoms with van der Waals surface area (Å²) < 4.78 is 5.53. The van der Waals surface area contributed by atoms with Crippen LogP contribution in [0.25, 0.3) is 0 Å². The van der Waals surface area contributed by atoms with E-state index in [2.05, 4.69) is 4.98 Å². The number of ether oxygens (including phenoxy) is 1. The standard InChI is InChI=1S/C14H9N3O/c1-10-5-12(9-16)7-14(17-10)18-13-4-2-3-11(6-13)8-15/h2-7H,1H3. The Labute approximate surface area is 105 Å². The molecular formula is C14H9N3O. The molecule has 0 N–H and O–H groups in total. The highest BCUT2D eigenvalue weighted by molar-refractivity contribution is 5.40. The van der Waals surface area contributed by atoms with Gasteiger partial charge in [-0.2, -0.15) is 10.5 Å². The molecule has 86 valence electrons. The third kappa shape index (κ3) is 2.63. The topological polar surface area (TPSA) is 69.7 Å². The van der Waals surface area contributed by atoms with Gasteiger partial charge in [-0.05, 0) is 31.2 Å². The Morgan fingerprint density at radius 1 is 1.06 bits per heavy atom. The Bertz CT molecular complexity index is 665. The molecule has 1 aromatic carbocycles. The van der Waals surface area contributed by atoms with E-state index in [9.17, 15) is 0 Å². The molecule has 0 unspecified atom stereocenters. The van der Waals surface area contributed by atoms with Gasteiger partial charge >= 0.3 is 0 Å². The van der Waals surface area contributed by atoms with Gasteiger partial charge in [-0.3, -0.25) is 0 Å². The summed E-state index contributed by atoms with van der Waals surface area (Å²) in [4.78, 5) is 4.18. The molecule has 1 aromatic heterocycles. The average molecular weight is 235 g/mol. The Morgan fingerprint density at radius 3 is 2.56 bits per heavy atom. The van der Waals surface area contributed by atoms with Crippen LogP contribution in [0.4, 0.5) is 0 Å². The van der Waals surface area contributed by atoms with Crippen LogP contribution < -0.4 is 4.74 Å². The van der Waals surface area contributed by atoms with Gasteiger partial charge in [0, 0.05) is 11.8 Å². The number of pyridine rings is 1. The maximum atomic E-state index is 8.86. The van der Waals surface area contributed by atoms with E-state index in [1.54, 1.807) is 43.3 Å². The highest BCUT2D eigenvalue weighted by Crippen LogP contribution is 2.21. The Kier molecular flexibility index (Phi) is 3.22. The highest BCUT2D eigenvalue weighted by atomic mass is 16.5. The number of rotatable bonds is 2. The van der Waals surface area contributed by atoms with Crippen molar-refractivity contribution in [1.82, 2.24) is 4.98 Å². The molecular weight excluding hydrogens is 226 g/mol. The first-order valence-corrected chi connectivity index (χ1v) is 5.28. The predicted molar refractivity (Wildman–Crippen MR) is 64.9 cm³/mol. The molecule has 2 rings (SSSR count). The average Bonchev–Trinajstić information content (AvgIpc) is 2.38. The van der Waals surface area contributed by atoms with Crippen LogP contribution in [-0.2, 0) is 0 Å². The highest BCUT2D eigenvalue weighted by Gasteiger charge is 2.03. The third-order valence-corrected chi connectivity index (χ3v) is 2.24. The number of hydrogen-bond acceptors (Lipinski definition) is 4. The molecule has 0 saturated heterocycles. The van der Waals surface area contributed by atoms with Gasteiger partial charge in [0.25, 0.3) is 0 Å². The molecule has 0 bridgehead atoms. The maximum Gasteiger partial charge on any atom is 0.220 e. The fourth-order valence-corrected chi connectivity index (χ4v) is 1.50. The molecule has 4 nitrogen and oxygen atoms in total. The minimum atomic E-state index is 0.349. The van der Waals surface area contributed by atoms with Crippen molar-refractivity contribution >= 4 is 0 Å². The molecule has 0 fully saturated rings. The van der Waals surface area contributed by atoms with Crippen LogP contribution in [0, 0.1) is 29.6 Å². The van der Waals surface area contributed by atoms with Crippen molar-refractivity contribution in [2.24, 2.45) is 0 Å². The SMILES string of the molecule is Cc1cc(C#N)cc(Oc2cccc(C#N)c2)n1. The maximum absolute atomic E-state index is 8.86. The van der Waals surface area contributed by atoms with Crippen LogP contribution in [0.5, 0.6) is 11.6 Å². The largest absolute Gasteiger partial charge is 0.439 e. The molecule has 0 spiro atoms. The van der Waals surface area contributed by atoms with E-state index in [1.807, 2.05) is 12.1 Å². The van der Waals surface area contributed by atoms with Gasteiger partial charge in [0.2, 0.25) is 5.88 Å². The Balaban J connectivity index is 2.31. The molecule has 0 aliphatic rings. The summed E-state index contributed by atoms with van der Waals surface area (Å²) in [6.07, 6.45) is 0. The van der Waals surface area contributed by atoms with Crippen molar-refractivity contribution in [1.29, 1.82) is 10.5 Å². The van der Waals surface area contributed by atoms with E-state index >= 15 is 0 Å². The number of nitrogens with zero attached hydrogens (tertiary/aromatic N) is 3. The van der Waals surface area contributed by atoms with Crippen LogP contribution in [0.1, 0.15) is 16.8 Å². The van der Waals surface area contributed by atoms with Gasteiger partial charge in [0.15, 0.2) is 0 Å². The summed E-state index contributed by atoms with van der Waals surface area (Å²) >= 11 is 0. The monoisotopic (exact) mass is 235 g/mol. The molecule has 0 atom stereocenters. The second kappa shape index (κ2) is 4.99. The first-order valence-electron chi connectivity index (χ1n) is 5.28. The lowest BCUT2D eigenvalue weighted by Crippen LogP contribution is -1.92. The second-order valence-electron chi connectivity index (χ2n) is 3.69. The molecule has 0 aliphatic heterocycles. The summed E-state index contributed by atoms with van der Waals surface area (Å²) in [6, 6.07) is 14.1. The minimum Gasteiger partial charge on any atom is -0.439 e. The van der Waals surface area contributed by atoms with Gasteiger partial charge in [-0.1, -0.05) is 6.07 Å². The minimum absolute atomic E-state index is 0.349. The summed E-state index contributed by atoms with van der Waals surface area (Å²) in [6.45, 7) is 1.79. The molecule has 0 aliphatic carbocycles. The first kappa shape index (κ1) is 11.6. The lowest BCUT2D eigenvalue weighted by molar-refractivity contribution is 0.461. The van der Waals surface area contributed by atoms with Gasteiger partial charge < -0.3 is 4.74 Å². The smallest absolute Gasteiger partial charge is 0.220 e. The van der Waals surface area contributed by atoms with Crippen molar-refractivity contribution in [3.05, 3.63) is 53.2 Å². The Hall–Kier alpha value is -2.85. The molecule has 0 saturated carbocycles. The zero-order chi connectivity index (χ0) is 13.0. The number of nitriles is 2. The lowest BCUT2D eigenvalue weighted by atomic mass is 10.2. The van der Waals surface area contributed by atoms with Crippen molar-refractivity contribution in [3.8, 4) is 23.8 Å². The second-order valence-corrected chi connectivity index (χ2v) is 3.69. The van der Waals surface area contributed by atoms with Crippen LogP contribution in [0.2, 0.25) is 0 Å². The number of hydrogen-bond donors (Lipinski definition) is 0. The summed E-state index contributed by atoms with van der Waals surface area (Å²) in [5.41, 5.74) is 1.72. The lowest BCUT2D eigenvalue weighted by Gasteiger charge is -2.05. The van der Waals surface area contributed by atoms with Gasteiger partial charge in [-0.25, -0.2) is 4.98 Å². The fourth-order valence-electron chi connectivity index (χ4n) is 1.50. The molecule has 1 heterocycles. The molecule has 2 aromatic rings. The van der Waals surface area contributed by atoms with Crippen molar-refractivity contribution < 1.29 is 4.74 Å². The Morgan fingerprint density at radius 2 is 1.83 bits per heavy atom. The van der Waals surface area contributed by atoms with Gasteiger partial charge in [0.05, 0.1) is 23.3 Å². The van der Waals surface area contributed by atoms with E-state index < -0.39 is 0 Å². The predicted octanol–water partition coefficient (Wildman–Crippen LogP) is 2.93. The number of benzene rings is 1. The van der Waals surface area contributed by atoms with Crippen molar-refractivity contribution in [2.45, 2.75) is 6.92 Å². The van der Waals surface area contributed by atoms with Crippen LogP contribution in [-0.4, -0.2) is 4.98 Å². The third-order valence-electron chi connectivity index (χ3n) is 2.24. The first-order chi connectivity index (χ1) is 8.71. The molecule has 18 heavy (non-hydrogen) atoms. The van der Waals surface area contributed by atoms with Crippen molar-refractivity contribution in [3.63, 3.8) is 0 Å². The normalized spacial score (nSPS) is 9.28. The number of aryl methyl sites for hydroxylation is 1. The number of aromatic nitrogens is 1. The van der Waals surface area contributed by atoms with E-state index in [-0.39, 0.29) is 0 Å². The van der Waals surface area contributed by atoms with E-state index in [4.69, 9.17) is 15.3 Å². The van der Waals surface area contributed by atoms with Crippen LogP contribution in [0.3, 0.4) is 0 Å². The van der Waals surface area contributed by atoms with E-state index in [0.717, 1.165) is 0 Å². The molecule has 0 amide bonds. The van der Waals surface area contributed by atoms with Gasteiger partial charge in [0.1, 0.15) is 5.75 Å². The molecule has 4 heteroatoms. The molecule has 0 radical (unpaired) electrons. The zero-order valence-corrected chi connectivity index (χ0v) is 9.71. The quantitative estimate of drug-likeness (QED) is 0.802. The zero-order valence-electron chi connectivity index (χ0n) is 9.71.